The first-order valence-corrected chi connectivity index (χ1v) is 11.2. The lowest BCUT2D eigenvalue weighted by atomic mass is 9.91. The number of carbonyl (C=O) groups excluding carboxylic acids is 1. The van der Waals surface area contributed by atoms with Gasteiger partial charge >= 0.3 is 0 Å². The molecule has 0 saturated carbocycles. The molecule has 0 bridgehead atoms. The number of para-hydroxylation sites is 1. The van der Waals surface area contributed by atoms with E-state index in [1.54, 1.807) is 0 Å². The summed E-state index contributed by atoms with van der Waals surface area (Å²) < 4.78 is 0. The summed E-state index contributed by atoms with van der Waals surface area (Å²) in [4.78, 5) is 24.5. The molecule has 29 heavy (non-hydrogen) atoms. The zero-order valence-corrected chi connectivity index (χ0v) is 18.2. The van der Waals surface area contributed by atoms with Gasteiger partial charge in [-0.15, -0.1) is 0 Å². The Labute approximate surface area is 174 Å². The van der Waals surface area contributed by atoms with Crippen LogP contribution in [0, 0.1) is 12.8 Å². The van der Waals surface area contributed by atoms with E-state index >= 15 is 0 Å². The first kappa shape index (κ1) is 20.1. The topological polar surface area (TPSA) is 39.7 Å². The molecule has 2 saturated heterocycles. The molecule has 2 fully saturated rings. The summed E-state index contributed by atoms with van der Waals surface area (Å²) in [5.74, 6) is 0.869. The standard InChI is InChI=1S/C24H34N4O/c1-4-20-18(2)25-22-8-6-5-7-21(22)24(20)28-11-9-19(10-12-28)17-23(29)27-15-13-26(3)14-16-27/h5-8,19H,4,9-17H2,1-3H3. The Morgan fingerprint density at radius 3 is 2.45 bits per heavy atom. The van der Waals surface area contributed by atoms with Gasteiger partial charge in [0.05, 0.1) is 11.2 Å². The van der Waals surface area contributed by atoms with Gasteiger partial charge < -0.3 is 14.7 Å². The molecule has 0 spiro atoms. The van der Waals surface area contributed by atoms with Gasteiger partial charge in [0.2, 0.25) is 5.91 Å². The number of amides is 1. The van der Waals surface area contributed by atoms with Crippen LogP contribution in [-0.4, -0.2) is 67.0 Å². The van der Waals surface area contributed by atoms with E-state index in [4.69, 9.17) is 4.98 Å². The molecule has 0 atom stereocenters. The normalized spacial score (nSPS) is 19.1. The van der Waals surface area contributed by atoms with E-state index in [2.05, 4.69) is 59.9 Å². The molecule has 1 amide bonds. The molecule has 0 N–H and O–H groups in total. The van der Waals surface area contributed by atoms with Gasteiger partial charge in [0.25, 0.3) is 0 Å². The predicted molar refractivity (Wildman–Crippen MR) is 119 cm³/mol. The smallest absolute Gasteiger partial charge is 0.222 e. The van der Waals surface area contributed by atoms with Crippen LogP contribution in [0.4, 0.5) is 5.69 Å². The van der Waals surface area contributed by atoms with Gasteiger partial charge in [-0.1, -0.05) is 25.1 Å². The zero-order chi connectivity index (χ0) is 20.4. The summed E-state index contributed by atoms with van der Waals surface area (Å²) in [6, 6.07) is 8.51. The van der Waals surface area contributed by atoms with Gasteiger partial charge in [-0.2, -0.15) is 0 Å². The zero-order valence-electron chi connectivity index (χ0n) is 18.2. The second-order valence-corrected chi connectivity index (χ2v) is 8.71. The molecule has 2 aromatic rings. The van der Waals surface area contributed by atoms with Crippen molar-refractivity contribution in [3.63, 3.8) is 0 Å². The predicted octanol–water partition coefficient (Wildman–Crippen LogP) is 3.49. The van der Waals surface area contributed by atoms with E-state index in [0.717, 1.165) is 69.7 Å². The number of anilines is 1. The number of hydrogen-bond donors (Lipinski definition) is 0. The minimum absolute atomic E-state index is 0.357. The second-order valence-electron chi connectivity index (χ2n) is 8.71. The van der Waals surface area contributed by atoms with Crippen LogP contribution in [0.2, 0.25) is 0 Å². The van der Waals surface area contributed by atoms with Crippen molar-refractivity contribution in [2.45, 2.75) is 39.5 Å². The number of piperazine rings is 1. The third-order valence-electron chi connectivity index (χ3n) is 6.77. The third-order valence-corrected chi connectivity index (χ3v) is 6.77. The summed E-state index contributed by atoms with van der Waals surface area (Å²) in [6.07, 6.45) is 3.91. The van der Waals surface area contributed by atoms with Crippen molar-refractivity contribution in [1.82, 2.24) is 14.8 Å². The lowest BCUT2D eigenvalue weighted by molar-refractivity contribution is -0.133. The Hall–Kier alpha value is -2.14. The monoisotopic (exact) mass is 394 g/mol. The van der Waals surface area contributed by atoms with E-state index in [0.29, 0.717) is 18.2 Å². The van der Waals surface area contributed by atoms with Crippen LogP contribution in [0.1, 0.15) is 37.4 Å². The Bertz CT molecular complexity index is 865. The molecule has 1 aromatic carbocycles. The molecule has 0 aliphatic carbocycles. The summed E-state index contributed by atoms with van der Waals surface area (Å²) in [7, 11) is 2.13. The number of fused-ring (bicyclic) bond motifs is 1. The van der Waals surface area contributed by atoms with Crippen LogP contribution in [0.25, 0.3) is 10.9 Å². The number of benzene rings is 1. The molecule has 5 nitrogen and oxygen atoms in total. The quantitative estimate of drug-likeness (QED) is 0.796. The van der Waals surface area contributed by atoms with Crippen LogP contribution >= 0.6 is 0 Å². The highest BCUT2D eigenvalue weighted by Crippen LogP contribution is 2.35. The molecule has 0 unspecified atom stereocenters. The fourth-order valence-electron chi connectivity index (χ4n) is 4.93. The van der Waals surface area contributed by atoms with Gasteiger partial charge in [0, 0.05) is 56.8 Å². The fourth-order valence-corrected chi connectivity index (χ4v) is 4.93. The van der Waals surface area contributed by atoms with E-state index in [1.807, 2.05) is 0 Å². The van der Waals surface area contributed by atoms with Crippen LogP contribution in [-0.2, 0) is 11.2 Å². The Morgan fingerprint density at radius 1 is 1.07 bits per heavy atom. The number of nitrogens with zero attached hydrogens (tertiary/aromatic N) is 4. The van der Waals surface area contributed by atoms with Crippen molar-refractivity contribution in [3.05, 3.63) is 35.5 Å². The first-order valence-electron chi connectivity index (χ1n) is 11.2. The van der Waals surface area contributed by atoms with E-state index in [9.17, 15) is 4.79 Å². The lowest BCUT2D eigenvalue weighted by Gasteiger charge is -2.37. The summed E-state index contributed by atoms with van der Waals surface area (Å²) in [6.45, 7) is 10.2. The van der Waals surface area contributed by atoms with Crippen molar-refractivity contribution in [3.8, 4) is 0 Å². The highest BCUT2D eigenvalue weighted by molar-refractivity contribution is 5.94. The van der Waals surface area contributed by atoms with Gasteiger partial charge in [-0.05, 0) is 50.8 Å². The molecule has 0 radical (unpaired) electrons. The molecular weight excluding hydrogens is 360 g/mol. The van der Waals surface area contributed by atoms with Gasteiger partial charge in [0.15, 0.2) is 0 Å². The number of rotatable bonds is 4. The number of piperidine rings is 1. The van der Waals surface area contributed by atoms with Crippen molar-refractivity contribution in [2.75, 3.05) is 51.2 Å². The second kappa shape index (κ2) is 8.70. The molecule has 3 heterocycles. The van der Waals surface area contributed by atoms with Crippen LogP contribution in [0.5, 0.6) is 0 Å². The van der Waals surface area contributed by atoms with E-state index in [-0.39, 0.29) is 0 Å². The van der Waals surface area contributed by atoms with Crippen LogP contribution in [0.15, 0.2) is 24.3 Å². The SMILES string of the molecule is CCc1c(C)nc2ccccc2c1N1CCC(CC(=O)N2CCN(C)CC2)CC1. The van der Waals surface area contributed by atoms with Crippen molar-refractivity contribution in [2.24, 2.45) is 5.92 Å². The van der Waals surface area contributed by atoms with Crippen molar-refractivity contribution < 1.29 is 4.79 Å². The maximum Gasteiger partial charge on any atom is 0.222 e. The summed E-state index contributed by atoms with van der Waals surface area (Å²) in [5, 5.41) is 1.27. The van der Waals surface area contributed by atoms with Crippen molar-refractivity contribution >= 4 is 22.5 Å². The van der Waals surface area contributed by atoms with Gasteiger partial charge in [0.1, 0.15) is 0 Å². The van der Waals surface area contributed by atoms with E-state index in [1.165, 1.54) is 16.6 Å². The maximum atomic E-state index is 12.7. The number of aromatic nitrogens is 1. The Kier molecular flexibility index (Phi) is 6.04. The highest BCUT2D eigenvalue weighted by atomic mass is 16.2. The minimum Gasteiger partial charge on any atom is -0.371 e. The molecule has 1 aromatic heterocycles. The number of carbonyl (C=O) groups is 1. The molecule has 2 aliphatic rings. The highest BCUT2D eigenvalue weighted by Gasteiger charge is 2.27. The lowest BCUT2D eigenvalue weighted by Crippen LogP contribution is -2.47. The third kappa shape index (κ3) is 4.25. The Balaban J connectivity index is 1.44. The molecule has 4 rings (SSSR count). The van der Waals surface area contributed by atoms with Gasteiger partial charge in [-0.25, -0.2) is 0 Å². The van der Waals surface area contributed by atoms with Crippen LogP contribution < -0.4 is 4.90 Å². The number of likely N-dealkylation sites (N-methyl/N-ethyl adjacent to an activating group) is 1. The number of pyridine rings is 1. The van der Waals surface area contributed by atoms with Crippen molar-refractivity contribution in [1.29, 1.82) is 0 Å². The van der Waals surface area contributed by atoms with Crippen LogP contribution in [0.3, 0.4) is 0 Å². The minimum atomic E-state index is 0.357. The molecular formula is C24H34N4O. The van der Waals surface area contributed by atoms with E-state index < -0.39 is 0 Å². The molecule has 2 aliphatic heterocycles. The maximum absolute atomic E-state index is 12.7. The Morgan fingerprint density at radius 2 is 1.76 bits per heavy atom. The average Bonchev–Trinajstić information content (AvgIpc) is 2.74. The van der Waals surface area contributed by atoms with Gasteiger partial charge in [-0.3, -0.25) is 9.78 Å². The number of aryl methyl sites for hydroxylation is 1. The molecule has 156 valence electrons. The largest absolute Gasteiger partial charge is 0.371 e. The average molecular weight is 395 g/mol. The number of hydrogen-bond acceptors (Lipinski definition) is 4. The molecule has 5 heteroatoms. The first-order chi connectivity index (χ1) is 14.1. The fraction of sp³-hybridized carbons (Fsp3) is 0.583. The summed E-state index contributed by atoms with van der Waals surface area (Å²) >= 11 is 0. The summed E-state index contributed by atoms with van der Waals surface area (Å²) in [5.41, 5.74) is 4.98.